The van der Waals surface area contributed by atoms with E-state index in [4.69, 9.17) is 14.2 Å². The van der Waals surface area contributed by atoms with Gasteiger partial charge in [-0.3, -0.25) is 0 Å². The summed E-state index contributed by atoms with van der Waals surface area (Å²) in [7, 11) is -2.01. The largest absolute Gasteiger partial charge is 0.489 e. The molecular formula is C6H5BBrFO2. The number of halogens is 2. The van der Waals surface area contributed by atoms with E-state index in [-0.39, 0.29) is 9.94 Å². The lowest BCUT2D eigenvalue weighted by atomic mass is 9.80. The molecule has 1 aromatic rings. The first-order chi connectivity index (χ1) is 6.37. The maximum Gasteiger partial charge on any atom is 0.489 e. The summed E-state index contributed by atoms with van der Waals surface area (Å²) < 4.78 is 34.3. The van der Waals surface area contributed by atoms with Crippen LogP contribution in [-0.4, -0.2) is 17.2 Å². The molecule has 0 radical (unpaired) electrons. The summed E-state index contributed by atoms with van der Waals surface area (Å²) in [6.45, 7) is 0. The van der Waals surface area contributed by atoms with Gasteiger partial charge in [0.15, 0.2) is 0 Å². The monoisotopic (exact) mass is 221 g/mol. The summed E-state index contributed by atoms with van der Waals surface area (Å²) in [4.78, 5) is 0. The Morgan fingerprint density at radius 2 is 2.18 bits per heavy atom. The first kappa shape index (κ1) is 5.29. The van der Waals surface area contributed by atoms with Gasteiger partial charge in [-0.2, -0.15) is 0 Å². The molecule has 0 saturated carbocycles. The topological polar surface area (TPSA) is 40.5 Å². The minimum absolute atomic E-state index is 0.217. The van der Waals surface area contributed by atoms with Gasteiger partial charge in [-0.25, -0.2) is 4.39 Å². The third-order valence-corrected chi connectivity index (χ3v) is 1.65. The third kappa shape index (κ3) is 2.02. The molecule has 0 atom stereocenters. The summed E-state index contributed by atoms with van der Waals surface area (Å²) in [6, 6.07) is -2.12. The van der Waals surface area contributed by atoms with E-state index in [1.165, 1.54) is 0 Å². The summed E-state index contributed by atoms with van der Waals surface area (Å²) in [6.07, 6.45) is 0. The predicted molar refractivity (Wildman–Crippen MR) is 43.9 cm³/mol. The molecule has 0 unspecified atom stereocenters. The van der Waals surface area contributed by atoms with E-state index in [1.54, 1.807) is 0 Å². The molecule has 2 nitrogen and oxygen atoms in total. The van der Waals surface area contributed by atoms with Crippen molar-refractivity contribution < 1.29 is 18.6 Å². The normalized spacial score (nSPS) is 13.6. The first-order valence-electron chi connectivity index (χ1n) is 4.18. The van der Waals surface area contributed by atoms with E-state index in [1.807, 2.05) is 0 Å². The van der Waals surface area contributed by atoms with Crippen LogP contribution in [-0.2, 0) is 0 Å². The van der Waals surface area contributed by atoms with Crippen LogP contribution in [0.25, 0.3) is 0 Å². The molecule has 0 fully saturated rings. The zero-order valence-corrected chi connectivity index (χ0v) is 6.81. The molecule has 0 aliphatic carbocycles. The number of hydrogen-bond donors (Lipinski definition) is 2. The fraction of sp³-hybridized carbons (Fsp3) is 0. The summed E-state index contributed by atoms with van der Waals surface area (Å²) in [5.41, 5.74) is -0.374. The summed E-state index contributed by atoms with van der Waals surface area (Å²) in [5.74, 6) is -1.16. The standard InChI is InChI=1S/C6H5BBrFO2/c8-6-3-4(9)1-2-5(6)7(10)11/h1-3,10-11H/i1D,2D,3D. The van der Waals surface area contributed by atoms with Crippen LogP contribution in [0.3, 0.4) is 0 Å². The van der Waals surface area contributed by atoms with Crippen LogP contribution in [0.2, 0.25) is 0 Å². The number of hydrogen-bond acceptors (Lipinski definition) is 2. The van der Waals surface area contributed by atoms with Crippen LogP contribution in [0.1, 0.15) is 4.11 Å². The second-order valence-corrected chi connectivity index (χ2v) is 2.58. The van der Waals surface area contributed by atoms with Crippen molar-refractivity contribution in [2.45, 2.75) is 0 Å². The van der Waals surface area contributed by atoms with E-state index in [0.717, 1.165) is 0 Å². The Balaban J connectivity index is 3.60. The molecule has 0 aliphatic rings. The fourth-order valence-electron chi connectivity index (χ4n) is 0.550. The minimum Gasteiger partial charge on any atom is -0.423 e. The Hall–Kier alpha value is -0.385. The van der Waals surface area contributed by atoms with Crippen LogP contribution in [0.15, 0.2) is 22.6 Å². The molecule has 0 amide bonds. The molecule has 58 valence electrons. The van der Waals surface area contributed by atoms with Gasteiger partial charge in [0.2, 0.25) is 0 Å². The van der Waals surface area contributed by atoms with Gasteiger partial charge in [0.25, 0.3) is 0 Å². The van der Waals surface area contributed by atoms with Gasteiger partial charge in [-0.1, -0.05) is 22.0 Å². The number of benzene rings is 1. The highest BCUT2D eigenvalue weighted by Crippen LogP contribution is 2.08. The van der Waals surface area contributed by atoms with Gasteiger partial charge in [0.05, 0.1) is 4.11 Å². The Morgan fingerprint density at radius 1 is 1.55 bits per heavy atom. The lowest BCUT2D eigenvalue weighted by Crippen LogP contribution is -2.30. The van der Waals surface area contributed by atoms with Crippen molar-refractivity contribution in [2.24, 2.45) is 0 Å². The van der Waals surface area contributed by atoms with Crippen molar-refractivity contribution >= 4 is 28.5 Å². The Bertz CT molecular complexity index is 359. The Morgan fingerprint density at radius 3 is 2.73 bits per heavy atom. The molecular weight excluding hydrogens is 214 g/mol. The van der Waals surface area contributed by atoms with E-state index >= 15 is 0 Å². The van der Waals surface area contributed by atoms with Gasteiger partial charge < -0.3 is 10.0 Å². The molecule has 1 rings (SSSR count). The average molecular weight is 222 g/mol. The van der Waals surface area contributed by atoms with Crippen LogP contribution < -0.4 is 5.46 Å². The van der Waals surface area contributed by atoms with Crippen molar-refractivity contribution in [3.05, 3.63) is 28.4 Å². The van der Waals surface area contributed by atoms with Crippen LogP contribution in [0.4, 0.5) is 4.39 Å². The van der Waals surface area contributed by atoms with Crippen molar-refractivity contribution in [3.63, 3.8) is 0 Å². The van der Waals surface area contributed by atoms with Crippen molar-refractivity contribution in [1.29, 1.82) is 0 Å². The van der Waals surface area contributed by atoms with E-state index in [0.29, 0.717) is 0 Å². The summed E-state index contributed by atoms with van der Waals surface area (Å²) in [5, 5.41) is 17.7. The molecule has 5 heteroatoms. The minimum atomic E-state index is -2.01. The molecule has 0 aliphatic heterocycles. The van der Waals surface area contributed by atoms with Crippen LogP contribution in [0.5, 0.6) is 0 Å². The van der Waals surface area contributed by atoms with Gasteiger partial charge in [-0.15, -0.1) is 0 Å². The highest BCUT2D eigenvalue weighted by Gasteiger charge is 2.14. The third-order valence-electron chi connectivity index (χ3n) is 1.02. The van der Waals surface area contributed by atoms with Crippen molar-refractivity contribution in [2.75, 3.05) is 0 Å². The molecule has 0 heterocycles. The molecule has 1 aromatic carbocycles. The zero-order valence-electron chi connectivity index (χ0n) is 8.23. The average Bonchev–Trinajstić information content (AvgIpc) is 2.11. The molecule has 0 bridgehead atoms. The molecule has 0 aromatic heterocycles. The maximum absolute atomic E-state index is 13.0. The lowest BCUT2D eigenvalue weighted by Gasteiger charge is -2.01. The smallest absolute Gasteiger partial charge is 0.423 e. The van der Waals surface area contributed by atoms with Gasteiger partial charge in [0.1, 0.15) is 5.82 Å². The number of rotatable bonds is 1. The highest BCUT2D eigenvalue weighted by molar-refractivity contribution is 9.10. The quantitative estimate of drug-likeness (QED) is 0.669. The fourth-order valence-corrected chi connectivity index (χ4v) is 1.03. The second kappa shape index (κ2) is 3.34. The van der Waals surface area contributed by atoms with E-state index in [9.17, 15) is 4.39 Å². The lowest BCUT2D eigenvalue weighted by molar-refractivity contribution is 0.425. The maximum atomic E-state index is 13.0. The molecule has 0 saturated heterocycles. The van der Waals surface area contributed by atoms with Gasteiger partial charge in [0, 0.05) is 4.47 Å². The second-order valence-electron chi connectivity index (χ2n) is 1.79. The van der Waals surface area contributed by atoms with E-state index in [2.05, 4.69) is 15.9 Å². The SMILES string of the molecule is [2H]c1c([2H])c(B(O)O)c(Br)c([2H])c1F. The highest BCUT2D eigenvalue weighted by atomic mass is 79.9. The van der Waals surface area contributed by atoms with Crippen molar-refractivity contribution in [1.82, 2.24) is 0 Å². The Kier molecular flexibility index (Phi) is 1.61. The summed E-state index contributed by atoms with van der Waals surface area (Å²) >= 11 is 2.77. The van der Waals surface area contributed by atoms with Crippen LogP contribution in [0, 0.1) is 5.82 Å². The Labute approximate surface area is 76.2 Å². The first-order valence-corrected chi connectivity index (χ1v) is 3.48. The van der Waals surface area contributed by atoms with Gasteiger partial charge >= 0.3 is 7.12 Å². The van der Waals surface area contributed by atoms with Crippen molar-refractivity contribution in [3.8, 4) is 0 Å². The van der Waals surface area contributed by atoms with Crippen LogP contribution >= 0.6 is 15.9 Å². The molecule has 0 spiro atoms. The predicted octanol–water partition coefficient (Wildman–Crippen LogP) is 0.268. The zero-order chi connectivity index (χ0) is 11.0. The van der Waals surface area contributed by atoms with E-state index < -0.39 is 31.1 Å². The molecule has 11 heavy (non-hydrogen) atoms. The molecule has 2 N–H and O–H groups in total. The van der Waals surface area contributed by atoms with Gasteiger partial charge in [-0.05, 0) is 17.5 Å².